The Morgan fingerprint density at radius 3 is 1.62 bits per heavy atom. The number of anilines is 4. The van der Waals surface area contributed by atoms with Crippen LogP contribution in [0.15, 0.2) is 121 Å². The Hall–Kier alpha value is -10.2. The van der Waals surface area contributed by atoms with Crippen LogP contribution in [0.4, 0.5) is 31.5 Å². The van der Waals surface area contributed by atoms with E-state index in [-0.39, 0.29) is 67.5 Å². The minimum Gasteiger partial charge on any atom is -0.508 e. The van der Waals surface area contributed by atoms with Gasteiger partial charge in [0, 0.05) is 165 Å². The lowest BCUT2D eigenvalue weighted by Gasteiger charge is -2.36. The van der Waals surface area contributed by atoms with Crippen molar-refractivity contribution in [2.75, 3.05) is 125 Å². The van der Waals surface area contributed by atoms with E-state index in [1.54, 1.807) is 38.6 Å². The molecule has 0 unspecified atom stereocenters. The van der Waals surface area contributed by atoms with Crippen molar-refractivity contribution >= 4 is 100 Å². The Bertz CT molecular complexity index is 5230. The molecule has 4 N–H and O–H groups in total. The number of phenols is 1. The molecule has 15 rings (SSSR count). The zero-order valence-electron chi connectivity index (χ0n) is 65.7. The van der Waals surface area contributed by atoms with E-state index in [1.165, 1.54) is 53.5 Å². The summed E-state index contributed by atoms with van der Waals surface area (Å²) in [6.45, 7) is 5.84. The summed E-state index contributed by atoms with van der Waals surface area (Å²) in [6.07, 6.45) is 20.9. The van der Waals surface area contributed by atoms with E-state index in [9.17, 15) is 55.8 Å². The number of amides is 4. The highest BCUT2D eigenvalue weighted by Gasteiger charge is 2.35. The average Bonchev–Trinajstić information content (AvgIpc) is 1.59. The first-order chi connectivity index (χ1) is 55.4. The highest BCUT2D eigenvalue weighted by atomic mass is 32.2. The predicted molar refractivity (Wildman–Crippen MR) is 439 cm³/mol. The van der Waals surface area contributed by atoms with Gasteiger partial charge in [0.15, 0.2) is 0 Å². The standard InChI is InChI=1S/C45H53FN6O6S.C25H26FNO5.C16H23N3O4S/c1-59(56,57)50-24-22-49(23-25-50)39-18-14-34(51-21-9-12-42(51)54)26-33(39)30-58-35-15-17-36(38(46)28-35)44-43(31-10-5-4-6-11-31)37-16-13-32-27-40(37)52(44)29-41(53)47-19-7-2-3-8-20-48-45(32)55;1-31-22(29)14-27-21-12-16(25(30)32-2)8-10-19(21)23(15-6-4-3-5-7-15)24(27)18-11-9-17(28)13-20(18)26;1-24(22,23)18-9-7-17(8-10-18)15-5-4-14(11-13(15)12-20)19-6-2-3-16(19)21/h2-3,13-18,26-28,31H,4-12,19-25,29-30H2,1H3,(H,47,53)(H,48,55);8-13,15,28H,3-7,14H2,1-2H3;4-5,11,20H,2-3,6-10,12H2,1H3/b3-2-;;. The predicted octanol–water partition coefficient (Wildman–Crippen LogP) is 12.0. The van der Waals surface area contributed by atoms with E-state index in [0.717, 1.165) is 151 Å². The van der Waals surface area contributed by atoms with E-state index in [4.69, 9.17) is 14.2 Å². The molecule has 0 radical (unpaired) electrons. The number of rotatable bonds is 17. The van der Waals surface area contributed by atoms with Crippen LogP contribution in [0.2, 0.25) is 0 Å². The molecule has 7 aliphatic rings. The summed E-state index contributed by atoms with van der Waals surface area (Å²) in [7, 11) is -3.86. The van der Waals surface area contributed by atoms with Crippen molar-refractivity contribution in [2.45, 2.75) is 141 Å². The van der Waals surface area contributed by atoms with E-state index in [0.29, 0.717) is 143 Å². The normalized spacial score (nSPS) is 18.3. The summed E-state index contributed by atoms with van der Waals surface area (Å²) >= 11 is 0. The number of benzene rings is 6. The number of methoxy groups -OCH3 is 2. The number of aliphatic hydroxyl groups excluding tert-OH is 1. The fourth-order valence-electron chi connectivity index (χ4n) is 17.3. The number of hydrogen-bond acceptors (Lipinski definition) is 17. The van der Waals surface area contributed by atoms with Crippen molar-refractivity contribution in [3.63, 3.8) is 0 Å². The lowest BCUT2D eigenvalue weighted by atomic mass is 9.81. The monoisotopic (exact) mass is 1620 g/mol. The molecule has 2 aromatic heterocycles. The van der Waals surface area contributed by atoms with Crippen LogP contribution in [0.5, 0.6) is 11.5 Å². The van der Waals surface area contributed by atoms with Crippen LogP contribution >= 0.6 is 0 Å². The summed E-state index contributed by atoms with van der Waals surface area (Å²) in [5.41, 5.74) is 11.0. The fourth-order valence-corrected chi connectivity index (χ4v) is 18.9. The van der Waals surface area contributed by atoms with Gasteiger partial charge < -0.3 is 63.8 Å². The third kappa shape index (κ3) is 19.0. The summed E-state index contributed by atoms with van der Waals surface area (Å²) < 4.78 is 102. The van der Waals surface area contributed by atoms with Gasteiger partial charge in [0.25, 0.3) is 5.91 Å². The first-order valence-corrected chi connectivity index (χ1v) is 43.6. The molecule has 115 heavy (non-hydrogen) atoms. The lowest BCUT2D eigenvalue weighted by molar-refractivity contribution is -0.141. The number of nitrogens with zero attached hydrogens (tertiary/aromatic N) is 8. The molecule has 0 atom stereocenters. The van der Waals surface area contributed by atoms with Gasteiger partial charge in [-0.1, -0.05) is 62.8 Å². The van der Waals surface area contributed by atoms with Gasteiger partial charge >= 0.3 is 11.9 Å². The number of aliphatic hydroxyl groups is 1. The zero-order valence-corrected chi connectivity index (χ0v) is 67.3. The second-order valence-electron chi connectivity index (χ2n) is 30.5. The number of aromatic hydroxyl groups is 1. The molecular weight excluding hydrogens is 1520 g/mol. The summed E-state index contributed by atoms with van der Waals surface area (Å²) in [5.74, 6) is -1.76. The fraction of sp³-hybridized carbons (Fsp3) is 0.442. The minimum absolute atomic E-state index is 0.0396. The van der Waals surface area contributed by atoms with E-state index < -0.39 is 43.6 Å². The van der Waals surface area contributed by atoms with Crippen molar-refractivity contribution in [1.82, 2.24) is 28.4 Å². The van der Waals surface area contributed by atoms with Crippen molar-refractivity contribution in [3.05, 3.63) is 166 Å². The molecule has 8 aromatic rings. The van der Waals surface area contributed by atoms with Crippen LogP contribution in [0.1, 0.15) is 158 Å². The molecule has 6 aromatic carbocycles. The highest BCUT2D eigenvalue weighted by molar-refractivity contribution is 7.88. The number of phenolic OH excluding ortho intramolecular Hbond substituents is 1. The van der Waals surface area contributed by atoms with E-state index in [1.807, 2.05) is 77.4 Å². The van der Waals surface area contributed by atoms with Crippen LogP contribution in [-0.2, 0) is 75.0 Å². The van der Waals surface area contributed by atoms with Gasteiger partial charge in [-0.15, -0.1) is 0 Å². The molecule has 0 spiro atoms. The van der Waals surface area contributed by atoms with Gasteiger partial charge in [-0.25, -0.2) is 30.4 Å². The maximum absolute atomic E-state index is 16.9. The molecule has 2 saturated carbocycles. The molecule has 2 aliphatic carbocycles. The first-order valence-electron chi connectivity index (χ1n) is 39.9. The molecule has 6 fully saturated rings. The minimum atomic E-state index is -3.31. The molecule has 2 bridgehead atoms. The molecule has 5 aliphatic heterocycles. The third-order valence-corrected chi connectivity index (χ3v) is 25.7. The second kappa shape index (κ2) is 36.7. The quantitative estimate of drug-likeness (QED) is 0.0486. The number of carbonyl (C=O) groups is 6. The third-order valence-electron chi connectivity index (χ3n) is 23.1. The number of aromatic nitrogens is 2. The van der Waals surface area contributed by atoms with Crippen molar-refractivity contribution in [1.29, 1.82) is 0 Å². The average molecular weight is 1620 g/mol. The van der Waals surface area contributed by atoms with Crippen LogP contribution in [-0.4, -0.2) is 186 Å². The molecule has 4 amide bonds. The largest absolute Gasteiger partial charge is 0.508 e. The van der Waals surface area contributed by atoms with Gasteiger partial charge in [0.1, 0.15) is 42.8 Å². The zero-order chi connectivity index (χ0) is 81.2. The van der Waals surface area contributed by atoms with Gasteiger partial charge in [0.05, 0.1) is 61.3 Å². The number of nitrogens with one attached hydrogen (secondary N) is 2. The summed E-state index contributed by atoms with van der Waals surface area (Å²) in [5, 5.41) is 27.3. The number of fused-ring (bicyclic) bond motifs is 2. The summed E-state index contributed by atoms with van der Waals surface area (Å²) in [6, 6.07) is 31.3. The highest BCUT2D eigenvalue weighted by Crippen LogP contribution is 2.48. The Balaban J connectivity index is 0.000000171. The van der Waals surface area contributed by atoms with Crippen LogP contribution in [0, 0.1) is 11.6 Å². The van der Waals surface area contributed by atoms with E-state index in [2.05, 4.69) is 20.4 Å². The molecule has 7 heterocycles. The van der Waals surface area contributed by atoms with Crippen molar-refractivity contribution < 1.29 is 78.8 Å². The van der Waals surface area contributed by atoms with Crippen molar-refractivity contribution in [3.8, 4) is 34.0 Å². The number of halogens is 2. The maximum atomic E-state index is 16.9. The molecule has 29 heteroatoms. The number of ether oxygens (including phenoxy) is 3. The van der Waals surface area contributed by atoms with Crippen LogP contribution < -0.4 is 35.0 Å². The Morgan fingerprint density at radius 1 is 0.548 bits per heavy atom. The van der Waals surface area contributed by atoms with Crippen LogP contribution in [0.25, 0.3) is 44.3 Å². The number of hydrogen-bond donors (Lipinski definition) is 4. The smallest absolute Gasteiger partial charge is 0.337 e. The van der Waals surface area contributed by atoms with Gasteiger partial charge in [-0.3, -0.25) is 24.0 Å². The lowest BCUT2D eigenvalue weighted by Crippen LogP contribution is -2.48. The Kier molecular flexibility index (Phi) is 26.4. The van der Waals surface area contributed by atoms with E-state index >= 15 is 8.78 Å². The molecular formula is C86H102F2N10O15S2. The second-order valence-corrected chi connectivity index (χ2v) is 34.5. The molecule has 612 valence electrons. The topological polar surface area (TPSA) is 292 Å². The number of sulfonamides is 2. The Morgan fingerprint density at radius 2 is 1.08 bits per heavy atom. The maximum Gasteiger partial charge on any atom is 0.337 e. The van der Waals surface area contributed by atoms with Gasteiger partial charge in [-0.2, -0.15) is 8.61 Å². The van der Waals surface area contributed by atoms with Crippen LogP contribution in [0.3, 0.4) is 0 Å². The van der Waals surface area contributed by atoms with Gasteiger partial charge in [-0.05, 0) is 159 Å². The number of piperazine rings is 2. The molecule has 4 saturated heterocycles. The number of carbonyl (C=O) groups excluding carboxylic acids is 6. The molecule has 25 nitrogen and oxygen atoms in total. The first kappa shape index (κ1) is 82.8. The van der Waals surface area contributed by atoms with Gasteiger partial charge in [0.2, 0.25) is 37.8 Å². The SMILES string of the molecule is COC(=O)Cn1c(-c2ccc(O)cc2F)c(C2CCCCC2)c2ccc(C(=O)OC)cc21.CS(=O)(=O)N1CCN(c2ccc(N3CCCC3=O)cc2CO)CC1.CS(=O)(=O)N1CCN(c2ccc(N3CCCC3=O)cc2COc2ccc(-c3c(C4CCCCC4)c4ccc5cc4n3CC(=O)NCC/C=C\CCNC5=O)c(F)c2)CC1. The number of esters is 2. The van der Waals surface area contributed by atoms with Crippen molar-refractivity contribution in [2.24, 2.45) is 0 Å². The summed E-state index contributed by atoms with van der Waals surface area (Å²) in [4.78, 5) is 83.7. The Labute approximate surface area is 669 Å².